The van der Waals surface area contributed by atoms with Crippen molar-refractivity contribution in [1.29, 1.82) is 0 Å². The zero-order chi connectivity index (χ0) is 18.7. The van der Waals surface area contributed by atoms with E-state index in [2.05, 4.69) is 4.98 Å². The first-order chi connectivity index (χ1) is 12.3. The Labute approximate surface area is 156 Å². The summed E-state index contributed by atoms with van der Waals surface area (Å²) in [5.41, 5.74) is 0.862. The molecule has 138 valence electrons. The summed E-state index contributed by atoms with van der Waals surface area (Å²) >= 11 is 1.24. The van der Waals surface area contributed by atoms with Crippen molar-refractivity contribution in [2.75, 3.05) is 37.3 Å². The zero-order valence-corrected chi connectivity index (χ0v) is 15.7. The summed E-state index contributed by atoms with van der Waals surface area (Å²) in [6.45, 7) is 1.88. The summed E-state index contributed by atoms with van der Waals surface area (Å²) in [7, 11) is -3.19. The largest absolute Gasteiger partial charge is 0.369 e. The molecule has 1 aliphatic heterocycles. The lowest BCUT2D eigenvalue weighted by atomic mass is 10.2. The van der Waals surface area contributed by atoms with E-state index < -0.39 is 14.9 Å². The molecule has 1 aromatic carbocycles. The Bertz CT molecular complexity index is 898. The molecule has 0 aliphatic carbocycles. The van der Waals surface area contributed by atoms with Gasteiger partial charge in [0.2, 0.25) is 10.0 Å². The van der Waals surface area contributed by atoms with Gasteiger partial charge in [0, 0.05) is 44.1 Å². The molecule has 2 heterocycles. The molecule has 0 spiro atoms. The van der Waals surface area contributed by atoms with Crippen molar-refractivity contribution in [2.24, 2.45) is 0 Å². The van der Waals surface area contributed by atoms with Crippen LogP contribution in [0.4, 0.5) is 11.4 Å². The SMILES string of the molecule is CS(=O)(=O)N1CCN(c2ccc([N+](=O)[O-])c(Sc3ccccn3)c2)CC1. The van der Waals surface area contributed by atoms with Crippen LogP contribution in [0.2, 0.25) is 0 Å². The van der Waals surface area contributed by atoms with Gasteiger partial charge in [-0.3, -0.25) is 10.1 Å². The number of hydrogen-bond donors (Lipinski definition) is 0. The second-order valence-corrected chi connectivity index (χ2v) is 8.87. The number of pyridine rings is 1. The maximum absolute atomic E-state index is 11.6. The predicted molar refractivity (Wildman–Crippen MR) is 100 cm³/mol. The van der Waals surface area contributed by atoms with Crippen LogP contribution >= 0.6 is 11.8 Å². The molecule has 1 saturated heterocycles. The van der Waals surface area contributed by atoms with E-state index in [1.165, 1.54) is 28.4 Å². The third-order valence-corrected chi connectivity index (χ3v) is 6.37. The van der Waals surface area contributed by atoms with Gasteiger partial charge in [-0.25, -0.2) is 13.4 Å². The molecule has 1 fully saturated rings. The van der Waals surface area contributed by atoms with Crippen LogP contribution in [0.1, 0.15) is 0 Å². The number of piperazine rings is 1. The first kappa shape index (κ1) is 18.6. The van der Waals surface area contributed by atoms with Crippen LogP contribution in [0.25, 0.3) is 0 Å². The van der Waals surface area contributed by atoms with Gasteiger partial charge in [-0.15, -0.1) is 0 Å². The van der Waals surface area contributed by atoms with E-state index in [-0.39, 0.29) is 5.69 Å². The van der Waals surface area contributed by atoms with Crippen LogP contribution in [0, 0.1) is 10.1 Å². The van der Waals surface area contributed by atoms with Crippen molar-refractivity contribution >= 4 is 33.2 Å². The Kier molecular flexibility index (Phi) is 5.44. The van der Waals surface area contributed by atoms with Gasteiger partial charge >= 0.3 is 0 Å². The quantitative estimate of drug-likeness (QED) is 0.567. The summed E-state index contributed by atoms with van der Waals surface area (Å²) in [6.07, 6.45) is 2.85. The number of hydrogen-bond acceptors (Lipinski definition) is 7. The molecule has 0 N–H and O–H groups in total. The van der Waals surface area contributed by atoms with Crippen LogP contribution in [-0.2, 0) is 10.0 Å². The molecular weight excluding hydrogens is 376 g/mol. The Balaban J connectivity index is 1.83. The predicted octanol–water partition coefficient (Wildman–Crippen LogP) is 2.22. The minimum Gasteiger partial charge on any atom is -0.369 e. The van der Waals surface area contributed by atoms with Gasteiger partial charge in [0.05, 0.1) is 16.1 Å². The first-order valence-electron chi connectivity index (χ1n) is 7.92. The number of nitro benzene ring substituents is 1. The molecule has 0 bridgehead atoms. The highest BCUT2D eigenvalue weighted by molar-refractivity contribution is 7.99. The van der Waals surface area contributed by atoms with Crippen LogP contribution in [0.3, 0.4) is 0 Å². The van der Waals surface area contributed by atoms with Crippen molar-refractivity contribution < 1.29 is 13.3 Å². The Morgan fingerprint density at radius 2 is 1.88 bits per heavy atom. The molecule has 0 unspecified atom stereocenters. The number of sulfonamides is 1. The molecule has 3 rings (SSSR count). The molecule has 1 aromatic heterocycles. The number of nitro groups is 1. The maximum Gasteiger partial charge on any atom is 0.283 e. The normalized spacial score (nSPS) is 15.8. The Morgan fingerprint density at radius 3 is 2.46 bits per heavy atom. The minimum absolute atomic E-state index is 0.0270. The second kappa shape index (κ2) is 7.60. The third-order valence-electron chi connectivity index (χ3n) is 4.07. The van der Waals surface area contributed by atoms with Gasteiger partial charge in [-0.05, 0) is 24.3 Å². The van der Waals surface area contributed by atoms with Crippen LogP contribution in [0.5, 0.6) is 0 Å². The van der Waals surface area contributed by atoms with Crippen molar-refractivity contribution in [3.63, 3.8) is 0 Å². The van der Waals surface area contributed by atoms with Crippen LogP contribution in [0.15, 0.2) is 52.5 Å². The summed E-state index contributed by atoms with van der Waals surface area (Å²) in [5.74, 6) is 0. The van der Waals surface area contributed by atoms with Gasteiger partial charge in [-0.1, -0.05) is 17.8 Å². The highest BCUT2D eigenvalue weighted by atomic mass is 32.2. The minimum atomic E-state index is -3.19. The van der Waals surface area contributed by atoms with Crippen molar-refractivity contribution in [3.8, 4) is 0 Å². The molecule has 0 amide bonds. The fourth-order valence-electron chi connectivity index (χ4n) is 2.73. The van der Waals surface area contributed by atoms with E-state index in [0.29, 0.717) is 36.1 Å². The average molecular weight is 394 g/mol. The molecular formula is C16H18N4O4S2. The van der Waals surface area contributed by atoms with Crippen molar-refractivity contribution in [3.05, 3.63) is 52.7 Å². The molecule has 2 aromatic rings. The number of anilines is 1. The number of aromatic nitrogens is 1. The van der Waals surface area contributed by atoms with E-state index in [4.69, 9.17) is 0 Å². The van der Waals surface area contributed by atoms with Crippen LogP contribution < -0.4 is 4.90 Å². The van der Waals surface area contributed by atoms with E-state index in [9.17, 15) is 18.5 Å². The van der Waals surface area contributed by atoms with Crippen molar-refractivity contribution in [1.82, 2.24) is 9.29 Å². The fraction of sp³-hybridized carbons (Fsp3) is 0.312. The number of rotatable bonds is 5. The third kappa shape index (κ3) is 4.32. The molecule has 1 aliphatic rings. The molecule has 26 heavy (non-hydrogen) atoms. The highest BCUT2D eigenvalue weighted by Gasteiger charge is 2.25. The first-order valence-corrected chi connectivity index (χ1v) is 10.6. The Hall–Kier alpha value is -2.17. The lowest BCUT2D eigenvalue weighted by Crippen LogP contribution is -2.48. The molecule has 8 nitrogen and oxygen atoms in total. The van der Waals surface area contributed by atoms with Gasteiger partial charge < -0.3 is 4.90 Å². The van der Waals surface area contributed by atoms with Gasteiger partial charge in [-0.2, -0.15) is 4.31 Å². The van der Waals surface area contributed by atoms with Crippen molar-refractivity contribution in [2.45, 2.75) is 9.92 Å². The molecule has 0 saturated carbocycles. The molecule has 10 heteroatoms. The lowest BCUT2D eigenvalue weighted by molar-refractivity contribution is -0.387. The number of nitrogens with zero attached hydrogens (tertiary/aromatic N) is 4. The van der Waals surface area contributed by atoms with Gasteiger partial charge in [0.25, 0.3) is 5.69 Å². The van der Waals surface area contributed by atoms with Gasteiger partial charge in [0.1, 0.15) is 5.03 Å². The van der Waals surface area contributed by atoms with E-state index in [1.54, 1.807) is 30.5 Å². The number of benzene rings is 1. The van der Waals surface area contributed by atoms with E-state index >= 15 is 0 Å². The smallest absolute Gasteiger partial charge is 0.283 e. The molecule has 0 atom stereocenters. The Morgan fingerprint density at radius 1 is 1.15 bits per heavy atom. The highest BCUT2D eigenvalue weighted by Crippen LogP contribution is 2.36. The van der Waals surface area contributed by atoms with Gasteiger partial charge in [0.15, 0.2) is 0 Å². The molecule has 0 radical (unpaired) electrons. The summed E-state index contributed by atoms with van der Waals surface area (Å²) in [6, 6.07) is 10.4. The summed E-state index contributed by atoms with van der Waals surface area (Å²) < 4.78 is 24.7. The zero-order valence-electron chi connectivity index (χ0n) is 14.1. The lowest BCUT2D eigenvalue weighted by Gasteiger charge is -2.34. The monoisotopic (exact) mass is 394 g/mol. The second-order valence-electron chi connectivity index (χ2n) is 5.83. The fourth-order valence-corrected chi connectivity index (χ4v) is 4.47. The summed E-state index contributed by atoms with van der Waals surface area (Å²) in [4.78, 5) is 17.7. The summed E-state index contributed by atoms with van der Waals surface area (Å²) in [5, 5.41) is 12.0. The van der Waals surface area contributed by atoms with E-state index in [1.807, 2.05) is 11.0 Å². The topological polar surface area (TPSA) is 96.7 Å². The standard InChI is InChI=1S/C16H18N4O4S2/c1-26(23,24)19-10-8-18(9-11-19)13-5-6-14(20(21)22)15(12-13)25-16-4-2-3-7-17-16/h2-7,12H,8-11H2,1H3. The van der Waals surface area contributed by atoms with E-state index in [0.717, 1.165) is 5.69 Å². The average Bonchev–Trinajstić information content (AvgIpc) is 2.62. The van der Waals surface area contributed by atoms with Crippen LogP contribution in [-0.4, -0.2) is 55.1 Å². The maximum atomic E-state index is 11.6.